The molecule has 2 aliphatic heterocycles. The summed E-state index contributed by atoms with van der Waals surface area (Å²) in [6, 6.07) is 1.94. The zero-order chi connectivity index (χ0) is 21.1. The van der Waals surface area contributed by atoms with E-state index in [4.69, 9.17) is 9.47 Å². The third-order valence-electron chi connectivity index (χ3n) is 7.00. The molecule has 2 heterocycles. The second-order valence-electron chi connectivity index (χ2n) is 8.66. The molecule has 1 saturated carbocycles. The van der Waals surface area contributed by atoms with Gasteiger partial charge < -0.3 is 9.47 Å². The van der Waals surface area contributed by atoms with Gasteiger partial charge >= 0.3 is 11.9 Å². The lowest BCUT2D eigenvalue weighted by molar-refractivity contribution is -0.136. The Hall–Kier alpha value is -2.26. The van der Waals surface area contributed by atoms with Crippen molar-refractivity contribution in [3.63, 3.8) is 0 Å². The van der Waals surface area contributed by atoms with Crippen molar-refractivity contribution in [2.24, 2.45) is 11.3 Å². The van der Waals surface area contributed by atoms with Gasteiger partial charge in [0.2, 0.25) is 0 Å². The summed E-state index contributed by atoms with van der Waals surface area (Å²) in [7, 11) is 1.23. The number of allylic oxidation sites excluding steroid dienone is 3. The summed E-state index contributed by atoms with van der Waals surface area (Å²) in [4.78, 5) is 26.6. The smallest absolute Gasteiger partial charge is 0.352 e. The van der Waals surface area contributed by atoms with E-state index in [1.165, 1.54) is 17.6 Å². The highest BCUT2D eigenvalue weighted by Crippen LogP contribution is 2.69. The fourth-order valence-corrected chi connectivity index (χ4v) is 7.45. The molecule has 4 rings (SSSR count). The summed E-state index contributed by atoms with van der Waals surface area (Å²) in [6.45, 7) is 8.54. The molecular formula is C23H25NO4S. The number of thioether (sulfide) groups is 1. The first kappa shape index (κ1) is 20.0. The molecule has 0 bridgehead atoms. The van der Waals surface area contributed by atoms with Gasteiger partial charge in [-0.3, -0.25) is 0 Å². The van der Waals surface area contributed by atoms with Crippen molar-refractivity contribution in [1.82, 2.24) is 0 Å². The van der Waals surface area contributed by atoms with Crippen LogP contribution in [0.2, 0.25) is 0 Å². The standard InChI is InChI=1S/C23H25NO4S/c1-12-7-6-8-23(10-12)18-17(14(3)16-9-13(2)29-22(16,23)4)21(26)28-19(18)15(11-24)20(25)27-5/h9,12H,6-8,10H2,1-5H3/b19-15-. The minimum Gasteiger partial charge on any atom is -0.465 e. The number of esters is 2. The van der Waals surface area contributed by atoms with E-state index in [1.807, 2.05) is 24.8 Å². The van der Waals surface area contributed by atoms with E-state index in [9.17, 15) is 14.9 Å². The Bertz CT molecular complexity index is 1010. The molecule has 0 amide bonds. The van der Waals surface area contributed by atoms with E-state index >= 15 is 0 Å². The first-order valence-corrected chi connectivity index (χ1v) is 10.8. The van der Waals surface area contributed by atoms with Crippen molar-refractivity contribution in [1.29, 1.82) is 5.26 Å². The lowest BCUT2D eigenvalue weighted by Crippen LogP contribution is -2.50. The Morgan fingerprint density at radius 1 is 1.41 bits per heavy atom. The highest BCUT2D eigenvalue weighted by molar-refractivity contribution is 8.04. The second kappa shape index (κ2) is 6.63. The van der Waals surface area contributed by atoms with E-state index in [1.54, 1.807) is 0 Å². The van der Waals surface area contributed by atoms with Crippen molar-refractivity contribution in [3.05, 3.63) is 44.6 Å². The Morgan fingerprint density at radius 3 is 2.76 bits per heavy atom. The van der Waals surface area contributed by atoms with Crippen LogP contribution >= 0.6 is 11.8 Å². The number of hydrogen-bond acceptors (Lipinski definition) is 6. The van der Waals surface area contributed by atoms with Gasteiger partial charge in [0.15, 0.2) is 11.3 Å². The van der Waals surface area contributed by atoms with Crippen LogP contribution in [0.3, 0.4) is 0 Å². The van der Waals surface area contributed by atoms with Gasteiger partial charge in [-0.1, -0.05) is 19.8 Å². The van der Waals surface area contributed by atoms with E-state index in [-0.39, 0.29) is 21.5 Å². The van der Waals surface area contributed by atoms with Gasteiger partial charge in [-0.05, 0) is 61.7 Å². The number of rotatable bonds is 1. The Labute approximate surface area is 175 Å². The molecule has 29 heavy (non-hydrogen) atoms. The molecule has 6 heteroatoms. The highest BCUT2D eigenvalue weighted by atomic mass is 32.2. The summed E-state index contributed by atoms with van der Waals surface area (Å²) < 4.78 is 10.2. The number of methoxy groups -OCH3 is 1. The molecule has 0 N–H and O–H groups in total. The van der Waals surface area contributed by atoms with Crippen LogP contribution in [0.4, 0.5) is 0 Å². The van der Waals surface area contributed by atoms with E-state index < -0.39 is 11.9 Å². The molecule has 2 aliphatic carbocycles. The molecule has 0 aromatic carbocycles. The third-order valence-corrected chi connectivity index (χ3v) is 8.46. The molecule has 0 aromatic rings. The fourth-order valence-electron chi connectivity index (χ4n) is 5.83. The van der Waals surface area contributed by atoms with Crippen LogP contribution in [-0.4, -0.2) is 23.8 Å². The average Bonchev–Trinajstić information content (AvgIpc) is 3.18. The van der Waals surface area contributed by atoms with Gasteiger partial charge in [0.05, 0.1) is 17.4 Å². The van der Waals surface area contributed by atoms with Gasteiger partial charge in [0.1, 0.15) is 6.07 Å². The van der Waals surface area contributed by atoms with Gasteiger partial charge in [-0.25, -0.2) is 9.59 Å². The second-order valence-corrected chi connectivity index (χ2v) is 10.3. The number of cyclic esters (lactones) is 1. The van der Waals surface area contributed by atoms with Gasteiger partial charge in [0, 0.05) is 11.0 Å². The number of nitriles is 1. The first-order chi connectivity index (χ1) is 13.7. The summed E-state index contributed by atoms with van der Waals surface area (Å²) in [5, 5.41) is 9.71. The molecule has 0 saturated heterocycles. The van der Waals surface area contributed by atoms with Crippen LogP contribution in [0.15, 0.2) is 44.6 Å². The van der Waals surface area contributed by atoms with Crippen molar-refractivity contribution in [2.45, 2.75) is 58.1 Å². The normalized spacial score (nSPS) is 35.1. The Morgan fingerprint density at radius 2 is 2.14 bits per heavy atom. The number of ether oxygens (including phenoxy) is 2. The Kier molecular flexibility index (Phi) is 4.58. The fraction of sp³-hybridized carbons (Fsp3) is 0.522. The van der Waals surface area contributed by atoms with Crippen LogP contribution in [0.25, 0.3) is 0 Å². The van der Waals surface area contributed by atoms with Crippen LogP contribution < -0.4 is 0 Å². The number of carbonyl (C=O) groups is 2. The van der Waals surface area contributed by atoms with Crippen molar-refractivity contribution in [2.75, 3.05) is 7.11 Å². The average molecular weight is 412 g/mol. The van der Waals surface area contributed by atoms with Crippen molar-refractivity contribution < 1.29 is 19.1 Å². The lowest BCUT2D eigenvalue weighted by atomic mass is 9.53. The maximum absolute atomic E-state index is 13.0. The zero-order valence-corrected chi connectivity index (χ0v) is 18.3. The topological polar surface area (TPSA) is 76.4 Å². The molecule has 152 valence electrons. The number of fused-ring (bicyclic) bond motifs is 3. The molecule has 1 fully saturated rings. The maximum atomic E-state index is 13.0. The van der Waals surface area contributed by atoms with Gasteiger partial charge in [-0.2, -0.15) is 5.26 Å². The molecule has 5 nitrogen and oxygen atoms in total. The molecular weight excluding hydrogens is 386 g/mol. The monoisotopic (exact) mass is 411 g/mol. The molecule has 0 aromatic heterocycles. The predicted octanol–water partition coefficient (Wildman–Crippen LogP) is 4.73. The van der Waals surface area contributed by atoms with Crippen LogP contribution in [0, 0.1) is 22.7 Å². The first-order valence-electron chi connectivity index (χ1n) is 9.99. The predicted molar refractivity (Wildman–Crippen MR) is 110 cm³/mol. The number of carbonyl (C=O) groups excluding carboxylic acids is 2. The van der Waals surface area contributed by atoms with E-state index in [2.05, 4.69) is 26.8 Å². The maximum Gasteiger partial charge on any atom is 0.352 e. The third kappa shape index (κ3) is 2.53. The summed E-state index contributed by atoms with van der Waals surface area (Å²) in [5.74, 6) is -0.664. The van der Waals surface area contributed by atoms with E-state index in [0.717, 1.165) is 36.8 Å². The van der Waals surface area contributed by atoms with Gasteiger partial charge in [-0.15, -0.1) is 11.8 Å². The van der Waals surface area contributed by atoms with Crippen molar-refractivity contribution in [3.8, 4) is 6.07 Å². The molecule has 3 unspecified atom stereocenters. The van der Waals surface area contributed by atoms with Crippen LogP contribution in [0.5, 0.6) is 0 Å². The van der Waals surface area contributed by atoms with Crippen molar-refractivity contribution >= 4 is 23.7 Å². The molecule has 3 atom stereocenters. The summed E-state index contributed by atoms with van der Waals surface area (Å²) in [6.07, 6.45) is 6.11. The molecule has 0 radical (unpaired) electrons. The number of hydrogen-bond donors (Lipinski definition) is 0. The highest BCUT2D eigenvalue weighted by Gasteiger charge is 2.62. The SMILES string of the molecule is COC(=O)/C(C#N)=C1\OC(=O)C2=C1C1(CCCC(C)C1)C1(C)SC(C)=CC1=C2C. The largest absolute Gasteiger partial charge is 0.465 e. The quantitative estimate of drug-likeness (QED) is 0.353. The van der Waals surface area contributed by atoms with Crippen LogP contribution in [0.1, 0.15) is 53.4 Å². The van der Waals surface area contributed by atoms with Gasteiger partial charge in [0.25, 0.3) is 0 Å². The summed E-state index contributed by atoms with van der Waals surface area (Å²) >= 11 is 1.83. The minimum absolute atomic E-state index is 0.109. The lowest BCUT2D eigenvalue weighted by Gasteiger charge is -2.54. The summed E-state index contributed by atoms with van der Waals surface area (Å²) in [5.41, 5.74) is 2.72. The minimum atomic E-state index is -0.769. The van der Waals surface area contributed by atoms with E-state index in [0.29, 0.717) is 11.5 Å². The number of nitrogens with zero attached hydrogens (tertiary/aromatic N) is 1. The molecule has 4 aliphatic rings. The Balaban J connectivity index is 2.09. The van der Waals surface area contributed by atoms with Crippen LogP contribution in [-0.2, 0) is 19.1 Å². The zero-order valence-electron chi connectivity index (χ0n) is 17.5. The molecule has 1 spiro atoms.